The maximum Gasteiger partial charge on any atom is 0.145 e. The summed E-state index contributed by atoms with van der Waals surface area (Å²) in [7, 11) is 0. The van der Waals surface area contributed by atoms with Gasteiger partial charge in [0.05, 0.1) is 21.8 Å². The molecular formula is C15H20ClFO2. The van der Waals surface area contributed by atoms with E-state index in [2.05, 4.69) is 0 Å². The molecule has 1 aromatic carbocycles. The lowest BCUT2D eigenvalue weighted by Crippen LogP contribution is -2.48. The molecule has 1 unspecified atom stereocenters. The molecule has 0 aliphatic carbocycles. The van der Waals surface area contributed by atoms with E-state index in [4.69, 9.17) is 16.3 Å². The molecule has 0 amide bonds. The van der Waals surface area contributed by atoms with Crippen molar-refractivity contribution in [2.75, 3.05) is 0 Å². The van der Waals surface area contributed by atoms with Gasteiger partial charge >= 0.3 is 0 Å². The quantitative estimate of drug-likeness (QED) is 0.898. The average Bonchev–Trinajstić information content (AvgIpc) is 2.38. The van der Waals surface area contributed by atoms with E-state index in [0.717, 1.165) is 0 Å². The zero-order valence-electron chi connectivity index (χ0n) is 11.8. The molecule has 1 N–H and O–H groups in total. The predicted octanol–water partition coefficient (Wildman–Crippen LogP) is 3.73. The van der Waals surface area contributed by atoms with Crippen molar-refractivity contribution in [2.45, 2.75) is 57.3 Å². The zero-order valence-corrected chi connectivity index (χ0v) is 12.5. The Hall–Kier alpha value is -0.640. The first-order valence-electron chi connectivity index (χ1n) is 6.42. The lowest BCUT2D eigenvalue weighted by Gasteiger charge is -2.35. The molecule has 4 heteroatoms. The zero-order chi connectivity index (χ0) is 14.5. The molecular weight excluding hydrogens is 267 g/mol. The van der Waals surface area contributed by atoms with Gasteiger partial charge in [0.2, 0.25) is 0 Å². The highest BCUT2D eigenvalue weighted by Crippen LogP contribution is 2.46. The van der Waals surface area contributed by atoms with Gasteiger partial charge in [0.1, 0.15) is 5.82 Å². The number of ether oxygens (including phenoxy) is 1. The second-order valence-corrected chi connectivity index (χ2v) is 6.88. The van der Waals surface area contributed by atoms with Crippen molar-refractivity contribution in [1.82, 2.24) is 0 Å². The van der Waals surface area contributed by atoms with Gasteiger partial charge in [-0.05, 0) is 39.3 Å². The molecule has 0 radical (unpaired) electrons. The van der Waals surface area contributed by atoms with E-state index in [0.29, 0.717) is 12.0 Å². The number of halogens is 2. The predicted molar refractivity (Wildman–Crippen MR) is 73.9 cm³/mol. The van der Waals surface area contributed by atoms with Gasteiger partial charge in [-0.2, -0.15) is 0 Å². The topological polar surface area (TPSA) is 29.5 Å². The highest BCUT2D eigenvalue weighted by atomic mass is 35.5. The van der Waals surface area contributed by atoms with Gasteiger partial charge in [0, 0.05) is 12.8 Å². The van der Waals surface area contributed by atoms with Gasteiger partial charge in [0.25, 0.3) is 0 Å². The number of rotatable bonds is 2. The summed E-state index contributed by atoms with van der Waals surface area (Å²) < 4.78 is 19.9. The second-order valence-electron chi connectivity index (χ2n) is 6.47. The van der Waals surface area contributed by atoms with Crippen LogP contribution in [0.25, 0.3) is 0 Å². The van der Waals surface area contributed by atoms with Crippen molar-refractivity contribution in [1.29, 1.82) is 0 Å². The van der Waals surface area contributed by atoms with Crippen molar-refractivity contribution in [2.24, 2.45) is 0 Å². The minimum absolute atomic E-state index is 0.0806. The molecule has 1 aromatic rings. The Labute approximate surface area is 118 Å². The monoisotopic (exact) mass is 286 g/mol. The number of hydrogen-bond donors (Lipinski definition) is 1. The van der Waals surface area contributed by atoms with Crippen LogP contribution < -0.4 is 0 Å². The van der Waals surface area contributed by atoms with Gasteiger partial charge in [-0.3, -0.25) is 0 Å². The van der Waals surface area contributed by atoms with Gasteiger partial charge < -0.3 is 9.84 Å². The first-order chi connectivity index (χ1) is 8.56. The molecule has 1 atom stereocenters. The molecule has 1 aliphatic rings. The van der Waals surface area contributed by atoms with E-state index < -0.39 is 22.6 Å². The first kappa shape index (κ1) is 14.8. The van der Waals surface area contributed by atoms with Crippen LogP contribution in [0.1, 0.15) is 39.7 Å². The Kier molecular flexibility index (Phi) is 3.45. The summed E-state index contributed by atoms with van der Waals surface area (Å²) in [5, 5.41) is 11.0. The Bertz CT molecular complexity index is 499. The molecule has 1 heterocycles. The van der Waals surface area contributed by atoms with Crippen LogP contribution in [0.3, 0.4) is 0 Å². The number of aliphatic hydroxyl groups is 1. The summed E-state index contributed by atoms with van der Waals surface area (Å²) in [6.07, 6.45) is 0.648. The fourth-order valence-corrected chi connectivity index (χ4v) is 3.21. The summed E-state index contributed by atoms with van der Waals surface area (Å²) >= 11 is 5.78. The van der Waals surface area contributed by atoms with Crippen LogP contribution in [0.15, 0.2) is 18.2 Å². The normalized spacial score (nSPS) is 28.6. The summed E-state index contributed by atoms with van der Waals surface area (Å²) in [5.41, 5.74) is -1.84. The molecule has 106 valence electrons. The number of hydrogen-bond acceptors (Lipinski definition) is 2. The molecule has 1 fully saturated rings. The minimum atomic E-state index is -1.11. The van der Waals surface area contributed by atoms with E-state index in [1.54, 1.807) is 12.1 Å². The Morgan fingerprint density at radius 2 is 1.95 bits per heavy atom. The summed E-state index contributed by atoms with van der Waals surface area (Å²) in [6, 6.07) is 4.85. The molecule has 0 aromatic heterocycles. The Morgan fingerprint density at radius 1 is 1.32 bits per heavy atom. The molecule has 2 nitrogen and oxygen atoms in total. The van der Waals surface area contributed by atoms with Crippen molar-refractivity contribution in [3.63, 3.8) is 0 Å². The van der Waals surface area contributed by atoms with Crippen LogP contribution in [0.5, 0.6) is 0 Å². The third kappa shape index (κ3) is 2.64. The maximum atomic E-state index is 14.0. The van der Waals surface area contributed by atoms with E-state index in [1.807, 2.05) is 27.7 Å². The van der Waals surface area contributed by atoms with Crippen molar-refractivity contribution in [3.8, 4) is 0 Å². The fourth-order valence-electron chi connectivity index (χ4n) is 3.01. The van der Waals surface area contributed by atoms with Gasteiger partial charge in [-0.25, -0.2) is 4.39 Å². The van der Waals surface area contributed by atoms with E-state index in [1.165, 1.54) is 6.07 Å². The van der Waals surface area contributed by atoms with E-state index in [9.17, 15) is 9.50 Å². The van der Waals surface area contributed by atoms with Crippen LogP contribution in [0.2, 0.25) is 5.02 Å². The molecule has 19 heavy (non-hydrogen) atoms. The van der Waals surface area contributed by atoms with Crippen LogP contribution in [-0.2, 0) is 11.2 Å². The summed E-state index contributed by atoms with van der Waals surface area (Å²) in [6.45, 7) is 7.54. The summed E-state index contributed by atoms with van der Waals surface area (Å²) in [5.74, 6) is -0.460. The second kappa shape index (κ2) is 4.44. The van der Waals surface area contributed by atoms with Crippen molar-refractivity contribution >= 4 is 11.6 Å². The van der Waals surface area contributed by atoms with Crippen molar-refractivity contribution in [3.05, 3.63) is 34.6 Å². The molecule has 0 bridgehead atoms. The molecule has 1 aliphatic heterocycles. The van der Waals surface area contributed by atoms with E-state index >= 15 is 0 Å². The Morgan fingerprint density at radius 3 is 2.47 bits per heavy atom. The van der Waals surface area contributed by atoms with Crippen LogP contribution >= 0.6 is 11.6 Å². The maximum absolute atomic E-state index is 14.0. The molecule has 2 rings (SSSR count). The van der Waals surface area contributed by atoms with Gasteiger partial charge in [-0.1, -0.05) is 23.7 Å². The SMILES string of the molecule is CC1(C)CC(O)(Cc2cccc(Cl)c2F)C(C)(C)O1. The third-order valence-corrected chi connectivity index (χ3v) is 4.18. The van der Waals surface area contributed by atoms with Crippen LogP contribution in [-0.4, -0.2) is 21.9 Å². The van der Waals surface area contributed by atoms with Gasteiger partial charge in [-0.15, -0.1) is 0 Å². The molecule has 1 saturated heterocycles. The van der Waals surface area contributed by atoms with E-state index in [-0.39, 0.29) is 11.4 Å². The Balaban J connectivity index is 2.34. The van der Waals surface area contributed by atoms with Crippen LogP contribution in [0.4, 0.5) is 4.39 Å². The lowest BCUT2D eigenvalue weighted by atomic mass is 9.78. The largest absolute Gasteiger partial charge is 0.386 e. The lowest BCUT2D eigenvalue weighted by molar-refractivity contribution is -0.125. The number of benzene rings is 1. The standard InChI is InChI=1S/C15H20ClFO2/c1-13(2)9-15(18,14(3,4)19-13)8-10-6-5-7-11(16)12(10)17/h5-7,18H,8-9H2,1-4H3. The highest BCUT2D eigenvalue weighted by molar-refractivity contribution is 6.30. The smallest absolute Gasteiger partial charge is 0.145 e. The molecule has 0 spiro atoms. The van der Waals surface area contributed by atoms with Gasteiger partial charge in [0.15, 0.2) is 0 Å². The van der Waals surface area contributed by atoms with Crippen molar-refractivity contribution < 1.29 is 14.2 Å². The third-order valence-electron chi connectivity index (χ3n) is 3.88. The molecule has 0 saturated carbocycles. The minimum Gasteiger partial charge on any atom is -0.386 e. The highest BCUT2D eigenvalue weighted by Gasteiger charge is 2.56. The fraction of sp³-hybridized carbons (Fsp3) is 0.600. The van der Waals surface area contributed by atoms with Crippen LogP contribution in [0, 0.1) is 5.82 Å². The first-order valence-corrected chi connectivity index (χ1v) is 6.80. The summed E-state index contributed by atoms with van der Waals surface area (Å²) in [4.78, 5) is 0. The average molecular weight is 287 g/mol.